The molecular formula is C32H52N2O7Si. The molecule has 10 heteroatoms. The highest BCUT2D eigenvalue weighted by molar-refractivity contribution is 6.76. The first-order valence-electron chi connectivity index (χ1n) is 15.5. The Kier molecular flexibility index (Phi) is 15.9. The van der Waals surface area contributed by atoms with Gasteiger partial charge in [-0.2, -0.15) is 0 Å². The minimum absolute atomic E-state index is 0.117. The fraction of sp³-hybridized carbons (Fsp3) is 0.656. The summed E-state index contributed by atoms with van der Waals surface area (Å²) in [6, 6.07) is 7.25. The van der Waals surface area contributed by atoms with E-state index in [0.717, 1.165) is 51.0 Å². The van der Waals surface area contributed by atoms with Gasteiger partial charge in [0.25, 0.3) is 5.91 Å². The molecule has 1 aromatic carbocycles. The largest absolute Gasteiger partial charge is 0.468 e. The molecule has 1 aromatic rings. The van der Waals surface area contributed by atoms with E-state index in [0.29, 0.717) is 43.6 Å². The third kappa shape index (κ3) is 13.5. The number of aliphatic hydroxyl groups excluding tert-OH is 1. The molecule has 0 saturated heterocycles. The van der Waals surface area contributed by atoms with Gasteiger partial charge in [-0.1, -0.05) is 70.8 Å². The highest BCUT2D eigenvalue weighted by Crippen LogP contribution is 2.24. The molecule has 42 heavy (non-hydrogen) atoms. The second kappa shape index (κ2) is 18.8. The number of unbranched alkanes of at least 4 members (excludes halogenated alkanes) is 5. The molecule has 1 heterocycles. The van der Waals surface area contributed by atoms with E-state index in [1.54, 1.807) is 30.5 Å². The van der Waals surface area contributed by atoms with Crippen molar-refractivity contribution in [3.63, 3.8) is 0 Å². The van der Waals surface area contributed by atoms with Crippen LogP contribution in [0.5, 0.6) is 5.75 Å². The lowest BCUT2D eigenvalue weighted by Crippen LogP contribution is -2.41. The number of primary amides is 1. The molecular weight excluding hydrogens is 552 g/mol. The summed E-state index contributed by atoms with van der Waals surface area (Å²) >= 11 is 0. The number of rotatable bonds is 21. The second-order valence-electron chi connectivity index (χ2n) is 12.3. The van der Waals surface area contributed by atoms with Gasteiger partial charge < -0.3 is 30.0 Å². The van der Waals surface area contributed by atoms with Gasteiger partial charge in [-0.25, -0.2) is 4.79 Å². The normalized spacial score (nSPS) is 16.3. The Morgan fingerprint density at radius 2 is 1.74 bits per heavy atom. The van der Waals surface area contributed by atoms with Crippen LogP contribution in [0, 0.1) is 0 Å². The van der Waals surface area contributed by atoms with Crippen LogP contribution in [0.25, 0.3) is 0 Å². The van der Waals surface area contributed by atoms with E-state index in [-0.39, 0.29) is 18.8 Å². The molecule has 3 N–H and O–H groups in total. The highest BCUT2D eigenvalue weighted by Gasteiger charge is 2.34. The van der Waals surface area contributed by atoms with Crippen molar-refractivity contribution < 1.29 is 33.7 Å². The molecule has 0 spiro atoms. The molecule has 1 aliphatic rings. The van der Waals surface area contributed by atoms with Gasteiger partial charge >= 0.3 is 5.97 Å². The van der Waals surface area contributed by atoms with E-state index in [9.17, 15) is 19.5 Å². The lowest BCUT2D eigenvalue weighted by atomic mass is 10.0. The van der Waals surface area contributed by atoms with Crippen LogP contribution >= 0.6 is 0 Å². The van der Waals surface area contributed by atoms with E-state index < -0.39 is 32.1 Å². The minimum atomic E-state index is -1.18. The molecule has 0 aliphatic carbocycles. The van der Waals surface area contributed by atoms with Crippen molar-refractivity contribution in [2.24, 2.45) is 5.73 Å². The summed E-state index contributed by atoms with van der Waals surface area (Å²) < 4.78 is 17.3. The van der Waals surface area contributed by atoms with Gasteiger partial charge in [0.05, 0.1) is 0 Å². The first kappa shape index (κ1) is 35.5. The third-order valence-corrected chi connectivity index (χ3v) is 9.05. The van der Waals surface area contributed by atoms with Crippen LogP contribution in [-0.4, -0.2) is 67.5 Å². The molecule has 0 saturated carbocycles. The van der Waals surface area contributed by atoms with Crippen LogP contribution in [0.3, 0.4) is 0 Å². The van der Waals surface area contributed by atoms with E-state index in [4.69, 9.17) is 19.9 Å². The lowest BCUT2D eigenvalue weighted by Gasteiger charge is -2.26. The van der Waals surface area contributed by atoms with Crippen molar-refractivity contribution in [3.8, 4) is 5.75 Å². The SMILES string of the molecule is CCCCCC[C@H](CCCCC[C@@H](O)C(N)=O)OC(=O)[C@@H]1CC=CN1C(=O)c1cccc(OCOCC[Si](C)(C)C)c1. The van der Waals surface area contributed by atoms with Crippen molar-refractivity contribution in [1.29, 1.82) is 0 Å². The number of hydrogen-bond donors (Lipinski definition) is 2. The molecule has 0 aromatic heterocycles. The Bertz CT molecular complexity index is 1010. The number of carbonyl (C=O) groups excluding carboxylic acids is 3. The molecule has 0 unspecified atom stereocenters. The maximum atomic E-state index is 13.4. The van der Waals surface area contributed by atoms with Crippen molar-refractivity contribution >= 4 is 25.9 Å². The van der Waals surface area contributed by atoms with Gasteiger partial charge in [-0.15, -0.1) is 0 Å². The fourth-order valence-electron chi connectivity index (χ4n) is 4.69. The summed E-state index contributed by atoms with van der Waals surface area (Å²) in [6.07, 6.45) is 10.9. The topological polar surface area (TPSA) is 128 Å². The number of amides is 2. The van der Waals surface area contributed by atoms with Gasteiger partial charge in [-0.3, -0.25) is 9.59 Å². The summed E-state index contributed by atoms with van der Waals surface area (Å²) in [4.78, 5) is 39.2. The quantitative estimate of drug-likeness (QED) is 0.0787. The highest BCUT2D eigenvalue weighted by atomic mass is 28.3. The standard InChI is InChI=1S/C32H52N2O7Si/c1-5-6-7-9-15-26(16-10-8-11-19-29(35)30(33)36)41-32(38)28-18-13-20-34(28)31(37)25-14-12-17-27(23-25)40-24-39-21-22-42(2,3)4/h12-14,17,20,23,26,28-29,35H,5-11,15-16,18-19,21-22,24H2,1-4H3,(H2,33,36)/t26-,28+,29-/m1/s1. The Balaban J connectivity index is 1.93. The van der Waals surface area contributed by atoms with E-state index in [1.807, 2.05) is 6.08 Å². The number of carbonyl (C=O) groups is 3. The van der Waals surface area contributed by atoms with Gasteiger partial charge in [0, 0.05) is 26.4 Å². The molecule has 1 aliphatic heterocycles. The average molecular weight is 605 g/mol. The number of benzene rings is 1. The van der Waals surface area contributed by atoms with Gasteiger partial charge in [0.2, 0.25) is 5.91 Å². The predicted molar refractivity (Wildman–Crippen MR) is 167 cm³/mol. The molecule has 0 fully saturated rings. The van der Waals surface area contributed by atoms with Crippen molar-refractivity contribution in [2.75, 3.05) is 13.4 Å². The Hall–Kier alpha value is -2.69. The number of ether oxygens (including phenoxy) is 3. The summed E-state index contributed by atoms with van der Waals surface area (Å²) in [7, 11) is -1.18. The zero-order chi connectivity index (χ0) is 31.0. The molecule has 0 radical (unpaired) electrons. The van der Waals surface area contributed by atoms with Crippen LogP contribution in [0.4, 0.5) is 0 Å². The maximum Gasteiger partial charge on any atom is 0.329 e. The van der Waals surface area contributed by atoms with Crippen LogP contribution < -0.4 is 10.5 Å². The van der Waals surface area contributed by atoms with Crippen LogP contribution in [0.1, 0.15) is 87.9 Å². The number of esters is 1. The Labute approximate surface area is 252 Å². The van der Waals surface area contributed by atoms with Crippen LogP contribution in [0.2, 0.25) is 25.7 Å². The zero-order valence-corrected chi connectivity index (χ0v) is 27.0. The Morgan fingerprint density at radius 3 is 2.40 bits per heavy atom. The summed E-state index contributed by atoms with van der Waals surface area (Å²) in [5, 5.41) is 9.60. The number of hydrogen-bond acceptors (Lipinski definition) is 7. The fourth-order valence-corrected chi connectivity index (χ4v) is 5.44. The van der Waals surface area contributed by atoms with Gasteiger partial charge in [0.1, 0.15) is 24.0 Å². The molecule has 2 amide bonds. The number of nitrogens with two attached hydrogens (primary N) is 1. The Morgan fingerprint density at radius 1 is 1.05 bits per heavy atom. The maximum absolute atomic E-state index is 13.4. The smallest absolute Gasteiger partial charge is 0.329 e. The van der Waals surface area contributed by atoms with Crippen molar-refractivity contribution in [3.05, 3.63) is 42.1 Å². The summed E-state index contributed by atoms with van der Waals surface area (Å²) in [5.74, 6) is -0.862. The lowest BCUT2D eigenvalue weighted by molar-refractivity contribution is -0.154. The van der Waals surface area contributed by atoms with E-state index in [1.165, 1.54) is 4.90 Å². The van der Waals surface area contributed by atoms with E-state index in [2.05, 4.69) is 26.6 Å². The van der Waals surface area contributed by atoms with Crippen LogP contribution in [0.15, 0.2) is 36.5 Å². The summed E-state index contributed by atoms with van der Waals surface area (Å²) in [6.45, 7) is 9.79. The second-order valence-corrected chi connectivity index (χ2v) is 17.9. The molecule has 2 rings (SSSR count). The molecule has 0 bridgehead atoms. The van der Waals surface area contributed by atoms with Crippen molar-refractivity contribution in [2.45, 2.75) is 121 Å². The average Bonchev–Trinajstić information content (AvgIpc) is 3.44. The van der Waals surface area contributed by atoms with Crippen molar-refractivity contribution in [1.82, 2.24) is 4.90 Å². The molecule has 3 atom stereocenters. The molecule has 236 valence electrons. The zero-order valence-electron chi connectivity index (χ0n) is 26.0. The minimum Gasteiger partial charge on any atom is -0.468 e. The predicted octanol–water partition coefficient (Wildman–Crippen LogP) is 5.78. The van der Waals surface area contributed by atoms with Crippen LogP contribution in [-0.2, 0) is 19.1 Å². The number of nitrogens with zero attached hydrogens (tertiary/aromatic N) is 1. The first-order valence-corrected chi connectivity index (χ1v) is 19.2. The third-order valence-electron chi connectivity index (χ3n) is 7.35. The number of aliphatic hydroxyl groups is 1. The van der Waals surface area contributed by atoms with Gasteiger partial charge in [-0.05, 0) is 62.8 Å². The first-order chi connectivity index (χ1) is 20.0. The van der Waals surface area contributed by atoms with Gasteiger partial charge in [0.15, 0.2) is 6.79 Å². The van der Waals surface area contributed by atoms with E-state index >= 15 is 0 Å². The molecule has 9 nitrogen and oxygen atoms in total. The summed E-state index contributed by atoms with van der Waals surface area (Å²) in [5.41, 5.74) is 5.55. The monoisotopic (exact) mass is 604 g/mol.